The number of hydrogen-bond donors (Lipinski definition) is 2. The molecule has 7 heteroatoms. The molecule has 0 radical (unpaired) electrons. The van der Waals surface area contributed by atoms with Gasteiger partial charge in [0, 0.05) is 6.54 Å². The number of carboxylic acid groups (broad SMARTS) is 1. The summed E-state index contributed by atoms with van der Waals surface area (Å²) in [7, 11) is 0. The van der Waals surface area contributed by atoms with E-state index in [4.69, 9.17) is 4.74 Å². The van der Waals surface area contributed by atoms with Gasteiger partial charge in [0.15, 0.2) is 0 Å². The minimum Gasteiger partial charge on any atom is -0.480 e. The lowest BCUT2D eigenvalue weighted by Gasteiger charge is -2.39. The summed E-state index contributed by atoms with van der Waals surface area (Å²) in [4.78, 5) is 38.6. The molecule has 0 aromatic heterocycles. The van der Waals surface area contributed by atoms with Crippen molar-refractivity contribution in [3.8, 4) is 0 Å². The van der Waals surface area contributed by atoms with Gasteiger partial charge in [-0.1, -0.05) is 27.2 Å². The van der Waals surface area contributed by atoms with Crippen molar-refractivity contribution in [2.75, 3.05) is 6.54 Å². The van der Waals surface area contributed by atoms with Crippen molar-refractivity contribution < 1.29 is 24.2 Å². The lowest BCUT2D eigenvalue weighted by Crippen LogP contribution is -2.57. The van der Waals surface area contributed by atoms with E-state index in [1.54, 1.807) is 20.8 Å². The Bertz CT molecular complexity index is 584. The number of carbonyl (C=O) groups excluding carboxylic acids is 2. The number of carboxylic acids is 1. The van der Waals surface area contributed by atoms with Crippen molar-refractivity contribution in [2.45, 2.75) is 84.9 Å². The number of alkyl carbamates (subject to hydrolysis) is 1. The Morgan fingerprint density at radius 2 is 1.73 bits per heavy atom. The summed E-state index contributed by atoms with van der Waals surface area (Å²) in [5.74, 6) is -1.33. The van der Waals surface area contributed by atoms with Gasteiger partial charge in [0.05, 0.1) is 0 Å². The highest BCUT2D eigenvalue weighted by Crippen LogP contribution is 2.50. The molecular weight excluding hydrogens is 336 g/mol. The van der Waals surface area contributed by atoms with Crippen molar-refractivity contribution in [2.24, 2.45) is 10.8 Å². The summed E-state index contributed by atoms with van der Waals surface area (Å²) in [6.45, 7) is 11.2. The van der Waals surface area contributed by atoms with E-state index in [9.17, 15) is 19.5 Å². The number of nitrogens with zero attached hydrogens (tertiary/aromatic N) is 1. The fraction of sp³-hybridized carbons (Fsp3) is 0.842. The van der Waals surface area contributed by atoms with Crippen molar-refractivity contribution in [1.29, 1.82) is 0 Å². The van der Waals surface area contributed by atoms with Gasteiger partial charge in [-0.15, -0.1) is 0 Å². The highest BCUT2D eigenvalue weighted by Gasteiger charge is 2.53. The third kappa shape index (κ3) is 4.48. The highest BCUT2D eigenvalue weighted by atomic mass is 16.6. The number of nitrogens with one attached hydrogen (secondary N) is 1. The van der Waals surface area contributed by atoms with Gasteiger partial charge < -0.3 is 20.1 Å². The molecule has 1 aliphatic heterocycles. The van der Waals surface area contributed by atoms with Crippen LogP contribution in [0.15, 0.2) is 0 Å². The topological polar surface area (TPSA) is 95.9 Å². The van der Waals surface area contributed by atoms with E-state index in [0.29, 0.717) is 13.0 Å². The SMILES string of the molecule is CC(C)(C)OC(=O)N[C@H](C(=O)N1CC2(CCC2)CC1C(=O)O)C(C)(C)C. The lowest BCUT2D eigenvalue weighted by atomic mass is 9.67. The normalized spacial score (nSPS) is 23.3. The number of likely N-dealkylation sites (tertiary alicyclic amines) is 1. The van der Waals surface area contributed by atoms with E-state index in [1.165, 1.54) is 4.90 Å². The number of aliphatic carboxylic acids is 1. The standard InChI is InChI=1S/C19H32N2O5/c1-17(2,3)13(20-16(25)26-18(4,5)6)14(22)21-11-19(8-7-9-19)10-12(21)15(23)24/h12-13H,7-11H2,1-6H3,(H,20,25)(H,23,24)/t12?,13-/m1/s1. The molecule has 2 aliphatic rings. The Kier molecular flexibility index (Phi) is 5.32. The summed E-state index contributed by atoms with van der Waals surface area (Å²) in [5, 5.41) is 12.3. The smallest absolute Gasteiger partial charge is 0.408 e. The Balaban J connectivity index is 2.20. The maximum atomic E-state index is 13.2. The summed E-state index contributed by atoms with van der Waals surface area (Å²) in [6.07, 6.45) is 2.82. The zero-order valence-electron chi connectivity index (χ0n) is 16.7. The molecule has 1 spiro atoms. The predicted octanol–water partition coefficient (Wildman–Crippen LogP) is 2.78. The van der Waals surface area contributed by atoms with Gasteiger partial charge in [0.25, 0.3) is 0 Å². The number of rotatable bonds is 3. The number of carbonyl (C=O) groups is 3. The summed E-state index contributed by atoms with van der Waals surface area (Å²) < 4.78 is 5.29. The summed E-state index contributed by atoms with van der Waals surface area (Å²) in [6, 6.07) is -1.68. The fourth-order valence-corrected chi connectivity index (χ4v) is 3.79. The molecule has 1 saturated heterocycles. The molecule has 0 aromatic rings. The molecular formula is C19H32N2O5. The second kappa shape index (κ2) is 6.74. The summed E-state index contributed by atoms with van der Waals surface area (Å²) in [5.41, 5.74) is -1.32. The minimum atomic E-state index is -0.980. The van der Waals surface area contributed by atoms with Gasteiger partial charge in [-0.2, -0.15) is 0 Å². The first-order chi connectivity index (χ1) is 11.7. The first-order valence-corrected chi connectivity index (χ1v) is 9.27. The Hall–Kier alpha value is -1.79. The average Bonchev–Trinajstić information content (AvgIpc) is 2.82. The molecule has 2 amide bonds. The van der Waals surface area contributed by atoms with Crippen LogP contribution in [0.5, 0.6) is 0 Å². The molecule has 1 saturated carbocycles. The van der Waals surface area contributed by atoms with E-state index < -0.39 is 35.2 Å². The van der Waals surface area contributed by atoms with Crippen LogP contribution in [-0.4, -0.2) is 52.2 Å². The second-order valence-corrected chi connectivity index (χ2v) is 9.82. The second-order valence-electron chi connectivity index (χ2n) is 9.82. The van der Waals surface area contributed by atoms with Crippen LogP contribution in [0, 0.1) is 10.8 Å². The van der Waals surface area contributed by atoms with Crippen LogP contribution in [0.3, 0.4) is 0 Å². The molecule has 0 bridgehead atoms. The number of hydrogen-bond acceptors (Lipinski definition) is 4. The molecule has 2 fully saturated rings. The Labute approximate surface area is 155 Å². The molecule has 1 aliphatic carbocycles. The molecule has 1 heterocycles. The molecule has 7 nitrogen and oxygen atoms in total. The molecule has 1 unspecified atom stereocenters. The van der Waals surface area contributed by atoms with Gasteiger partial charge in [-0.25, -0.2) is 9.59 Å². The number of ether oxygens (including phenoxy) is 1. The molecule has 148 valence electrons. The van der Waals surface area contributed by atoms with E-state index in [0.717, 1.165) is 19.3 Å². The minimum absolute atomic E-state index is 0.0624. The van der Waals surface area contributed by atoms with Gasteiger partial charge in [-0.3, -0.25) is 4.79 Å². The fourth-order valence-electron chi connectivity index (χ4n) is 3.79. The largest absolute Gasteiger partial charge is 0.480 e. The van der Waals surface area contributed by atoms with Crippen molar-refractivity contribution in [3.63, 3.8) is 0 Å². The zero-order chi connectivity index (χ0) is 19.9. The van der Waals surface area contributed by atoms with Gasteiger partial charge in [-0.05, 0) is 50.9 Å². The number of amides is 2. The van der Waals surface area contributed by atoms with Gasteiger partial charge in [0.1, 0.15) is 17.7 Å². The lowest BCUT2D eigenvalue weighted by molar-refractivity contribution is -0.150. The van der Waals surface area contributed by atoms with Crippen LogP contribution in [0.1, 0.15) is 67.2 Å². The maximum Gasteiger partial charge on any atom is 0.408 e. The molecule has 2 atom stereocenters. The van der Waals surface area contributed by atoms with Crippen molar-refractivity contribution in [1.82, 2.24) is 10.2 Å². The van der Waals surface area contributed by atoms with Crippen LogP contribution in [0.4, 0.5) is 4.79 Å². The van der Waals surface area contributed by atoms with Crippen LogP contribution in [-0.2, 0) is 14.3 Å². The monoisotopic (exact) mass is 368 g/mol. The summed E-state index contributed by atoms with van der Waals surface area (Å²) >= 11 is 0. The average molecular weight is 368 g/mol. The van der Waals surface area contributed by atoms with Crippen LogP contribution in [0.2, 0.25) is 0 Å². The third-order valence-corrected chi connectivity index (χ3v) is 5.26. The van der Waals surface area contributed by atoms with Gasteiger partial charge >= 0.3 is 12.1 Å². The Morgan fingerprint density at radius 3 is 2.12 bits per heavy atom. The quantitative estimate of drug-likeness (QED) is 0.798. The molecule has 2 rings (SSSR count). The van der Waals surface area contributed by atoms with E-state index in [2.05, 4.69) is 5.32 Å². The molecule has 0 aromatic carbocycles. The Morgan fingerprint density at radius 1 is 1.15 bits per heavy atom. The van der Waals surface area contributed by atoms with Gasteiger partial charge in [0.2, 0.25) is 5.91 Å². The molecule has 26 heavy (non-hydrogen) atoms. The van der Waals surface area contributed by atoms with Crippen LogP contribution in [0.25, 0.3) is 0 Å². The highest BCUT2D eigenvalue weighted by molar-refractivity contribution is 5.90. The van der Waals surface area contributed by atoms with Crippen LogP contribution < -0.4 is 5.32 Å². The first-order valence-electron chi connectivity index (χ1n) is 9.27. The van der Waals surface area contributed by atoms with Crippen molar-refractivity contribution in [3.05, 3.63) is 0 Å². The van der Waals surface area contributed by atoms with E-state index in [-0.39, 0.29) is 11.3 Å². The molecule has 2 N–H and O–H groups in total. The maximum absolute atomic E-state index is 13.2. The van der Waals surface area contributed by atoms with Crippen molar-refractivity contribution >= 4 is 18.0 Å². The third-order valence-electron chi connectivity index (χ3n) is 5.26. The zero-order valence-corrected chi connectivity index (χ0v) is 16.7. The first kappa shape index (κ1) is 20.5. The van der Waals surface area contributed by atoms with Crippen LogP contribution >= 0.6 is 0 Å². The van der Waals surface area contributed by atoms with E-state index >= 15 is 0 Å². The predicted molar refractivity (Wildman–Crippen MR) is 96.7 cm³/mol. The van der Waals surface area contributed by atoms with E-state index in [1.807, 2.05) is 20.8 Å².